The van der Waals surface area contributed by atoms with Crippen LogP contribution in [0.4, 0.5) is 0 Å². The molecule has 14 heavy (non-hydrogen) atoms. The first-order valence-electron chi connectivity index (χ1n) is 5.61. The van der Waals surface area contributed by atoms with E-state index in [1.165, 1.54) is 0 Å². The zero-order valence-corrected chi connectivity index (χ0v) is 10.1. The van der Waals surface area contributed by atoms with Gasteiger partial charge in [0.1, 0.15) is 0 Å². The second-order valence-electron chi connectivity index (χ2n) is 4.00. The van der Waals surface area contributed by atoms with E-state index < -0.39 is 0 Å². The van der Waals surface area contributed by atoms with E-state index in [1.54, 1.807) is 0 Å². The van der Waals surface area contributed by atoms with Crippen LogP contribution < -0.4 is 5.73 Å². The van der Waals surface area contributed by atoms with Gasteiger partial charge in [-0.2, -0.15) is 0 Å². The maximum absolute atomic E-state index is 5.80. The van der Waals surface area contributed by atoms with Crippen LogP contribution in [0.3, 0.4) is 0 Å². The number of aliphatic imine (C=N–C) groups is 1. The first-order valence-corrected chi connectivity index (χ1v) is 5.61. The van der Waals surface area contributed by atoms with E-state index in [9.17, 15) is 0 Å². The molecule has 0 amide bonds. The Labute approximate surface area is 88.4 Å². The normalized spacial score (nSPS) is 12.9. The van der Waals surface area contributed by atoms with E-state index in [2.05, 4.69) is 37.6 Å². The fraction of sp³-hybridized carbons (Fsp3) is 0.909. The summed E-state index contributed by atoms with van der Waals surface area (Å²) in [4.78, 5) is 6.69. The highest BCUT2D eigenvalue weighted by atomic mass is 15.1. The van der Waals surface area contributed by atoms with Gasteiger partial charge in [-0.15, -0.1) is 0 Å². The lowest BCUT2D eigenvalue weighted by molar-refractivity contribution is 0.313. The second kappa shape index (κ2) is 7.80. The molecule has 84 valence electrons. The SMILES string of the molecule is CCN(CC)CCC(N)=NCC(C)C. The first kappa shape index (κ1) is 13.4. The molecule has 0 aliphatic rings. The Morgan fingerprint density at radius 1 is 1.29 bits per heavy atom. The molecule has 0 atom stereocenters. The van der Waals surface area contributed by atoms with Crippen LogP contribution in [0.15, 0.2) is 4.99 Å². The predicted molar refractivity (Wildman–Crippen MR) is 63.7 cm³/mol. The van der Waals surface area contributed by atoms with Crippen molar-refractivity contribution in [1.82, 2.24) is 4.90 Å². The number of nitrogens with two attached hydrogens (primary N) is 1. The van der Waals surface area contributed by atoms with Crippen molar-refractivity contribution in [2.75, 3.05) is 26.2 Å². The van der Waals surface area contributed by atoms with E-state index >= 15 is 0 Å². The number of hydrogen-bond donors (Lipinski definition) is 1. The molecule has 0 aromatic rings. The highest BCUT2D eigenvalue weighted by molar-refractivity contribution is 5.80. The molecule has 0 spiro atoms. The average molecular weight is 199 g/mol. The molecule has 0 saturated carbocycles. The van der Waals surface area contributed by atoms with Crippen LogP contribution in [0, 0.1) is 5.92 Å². The summed E-state index contributed by atoms with van der Waals surface area (Å²) in [7, 11) is 0. The van der Waals surface area contributed by atoms with Crippen LogP contribution >= 0.6 is 0 Å². The highest BCUT2D eigenvalue weighted by Gasteiger charge is 2.00. The molecule has 2 N–H and O–H groups in total. The van der Waals surface area contributed by atoms with E-state index in [0.717, 1.165) is 38.4 Å². The molecule has 0 bridgehead atoms. The van der Waals surface area contributed by atoms with Crippen molar-refractivity contribution in [3.63, 3.8) is 0 Å². The van der Waals surface area contributed by atoms with Crippen LogP contribution in [0.25, 0.3) is 0 Å². The van der Waals surface area contributed by atoms with Crippen LogP contribution in [0.5, 0.6) is 0 Å². The Morgan fingerprint density at radius 3 is 2.29 bits per heavy atom. The lowest BCUT2D eigenvalue weighted by atomic mass is 10.2. The van der Waals surface area contributed by atoms with Gasteiger partial charge in [0.15, 0.2) is 0 Å². The maximum atomic E-state index is 5.80. The fourth-order valence-electron chi connectivity index (χ4n) is 1.19. The Hall–Kier alpha value is -0.570. The molecule has 0 aromatic carbocycles. The van der Waals surface area contributed by atoms with Gasteiger partial charge in [0, 0.05) is 19.5 Å². The van der Waals surface area contributed by atoms with E-state index in [1.807, 2.05) is 0 Å². The van der Waals surface area contributed by atoms with Gasteiger partial charge in [0.2, 0.25) is 0 Å². The number of amidine groups is 1. The largest absolute Gasteiger partial charge is 0.387 e. The predicted octanol–water partition coefficient (Wildman–Crippen LogP) is 1.73. The van der Waals surface area contributed by atoms with Crippen LogP contribution in [0.2, 0.25) is 0 Å². The zero-order valence-electron chi connectivity index (χ0n) is 10.1. The van der Waals surface area contributed by atoms with E-state index in [4.69, 9.17) is 5.73 Å². The van der Waals surface area contributed by atoms with Crippen molar-refractivity contribution < 1.29 is 0 Å². The van der Waals surface area contributed by atoms with Crippen LogP contribution in [-0.4, -0.2) is 36.9 Å². The molecule has 0 radical (unpaired) electrons. The van der Waals surface area contributed by atoms with Gasteiger partial charge in [0.05, 0.1) is 5.84 Å². The molecule has 0 aliphatic carbocycles. The smallest absolute Gasteiger partial charge is 0.0950 e. The second-order valence-corrected chi connectivity index (χ2v) is 4.00. The molecule has 0 unspecified atom stereocenters. The van der Waals surface area contributed by atoms with Gasteiger partial charge < -0.3 is 10.6 Å². The standard InChI is InChI=1S/C11H25N3/c1-5-14(6-2)8-7-11(12)13-9-10(3)4/h10H,5-9H2,1-4H3,(H2,12,13). The van der Waals surface area contributed by atoms with Crippen molar-refractivity contribution in [3.05, 3.63) is 0 Å². The molecule has 0 rings (SSSR count). The molecule has 0 aromatic heterocycles. The van der Waals surface area contributed by atoms with Crippen molar-refractivity contribution in [2.45, 2.75) is 34.1 Å². The third kappa shape index (κ3) is 6.89. The summed E-state index contributed by atoms with van der Waals surface area (Å²) in [5.41, 5.74) is 5.80. The molecule has 3 nitrogen and oxygen atoms in total. The fourth-order valence-corrected chi connectivity index (χ4v) is 1.19. The number of hydrogen-bond acceptors (Lipinski definition) is 2. The minimum absolute atomic E-state index is 0.599. The third-order valence-electron chi connectivity index (χ3n) is 2.24. The summed E-state index contributed by atoms with van der Waals surface area (Å²) in [6, 6.07) is 0. The lowest BCUT2D eigenvalue weighted by Gasteiger charge is -2.17. The summed E-state index contributed by atoms with van der Waals surface area (Å²) >= 11 is 0. The molecule has 0 heterocycles. The van der Waals surface area contributed by atoms with Crippen LogP contribution in [0.1, 0.15) is 34.1 Å². The molecule has 3 heteroatoms. The molecule has 0 aliphatic heterocycles. The highest BCUT2D eigenvalue weighted by Crippen LogP contribution is 1.94. The summed E-state index contributed by atoms with van der Waals surface area (Å²) in [5.74, 6) is 1.40. The van der Waals surface area contributed by atoms with Crippen molar-refractivity contribution >= 4 is 5.84 Å². The lowest BCUT2D eigenvalue weighted by Crippen LogP contribution is -2.28. The summed E-state index contributed by atoms with van der Waals surface area (Å²) in [5, 5.41) is 0. The minimum atomic E-state index is 0.599. The Balaban J connectivity index is 3.71. The van der Waals surface area contributed by atoms with Gasteiger partial charge >= 0.3 is 0 Å². The Kier molecular flexibility index (Phi) is 7.48. The summed E-state index contributed by atoms with van der Waals surface area (Å²) in [6.45, 7) is 12.7. The van der Waals surface area contributed by atoms with Crippen molar-refractivity contribution in [2.24, 2.45) is 16.6 Å². The topological polar surface area (TPSA) is 41.6 Å². The van der Waals surface area contributed by atoms with E-state index in [-0.39, 0.29) is 0 Å². The van der Waals surface area contributed by atoms with Crippen molar-refractivity contribution in [3.8, 4) is 0 Å². The van der Waals surface area contributed by atoms with Gasteiger partial charge in [-0.1, -0.05) is 27.7 Å². The van der Waals surface area contributed by atoms with Gasteiger partial charge in [-0.05, 0) is 19.0 Å². The Morgan fingerprint density at radius 2 is 1.86 bits per heavy atom. The molecule has 0 saturated heterocycles. The summed E-state index contributed by atoms with van der Waals surface area (Å²) < 4.78 is 0. The minimum Gasteiger partial charge on any atom is -0.387 e. The van der Waals surface area contributed by atoms with Crippen molar-refractivity contribution in [1.29, 1.82) is 0 Å². The third-order valence-corrected chi connectivity index (χ3v) is 2.24. The van der Waals surface area contributed by atoms with Gasteiger partial charge in [-0.3, -0.25) is 4.99 Å². The summed E-state index contributed by atoms with van der Waals surface area (Å²) in [6.07, 6.45) is 0.897. The first-order chi connectivity index (χ1) is 6.60. The van der Waals surface area contributed by atoms with Crippen LogP contribution in [-0.2, 0) is 0 Å². The number of nitrogens with zero attached hydrogens (tertiary/aromatic N) is 2. The monoisotopic (exact) mass is 199 g/mol. The Bertz CT molecular complexity index is 160. The molecular weight excluding hydrogens is 174 g/mol. The maximum Gasteiger partial charge on any atom is 0.0950 e. The quantitative estimate of drug-likeness (QED) is 0.501. The van der Waals surface area contributed by atoms with E-state index in [0.29, 0.717) is 5.92 Å². The number of rotatable bonds is 7. The van der Waals surface area contributed by atoms with Gasteiger partial charge in [-0.25, -0.2) is 0 Å². The zero-order chi connectivity index (χ0) is 11.0. The van der Waals surface area contributed by atoms with Gasteiger partial charge in [0.25, 0.3) is 0 Å². The molecular formula is C11H25N3. The molecule has 0 fully saturated rings. The average Bonchev–Trinajstić information content (AvgIpc) is 2.16.